The smallest absolute Gasteiger partial charge is 0.253 e. The Bertz CT molecular complexity index is 1360. The topological polar surface area (TPSA) is 86.5 Å². The molecule has 3 rings (SSSR count). The molecule has 42 heavy (non-hydrogen) atoms. The van der Waals surface area contributed by atoms with Gasteiger partial charge in [-0.15, -0.1) is 0 Å². The average molecular weight is 583 g/mol. The fourth-order valence-corrected chi connectivity index (χ4v) is 5.26. The summed E-state index contributed by atoms with van der Waals surface area (Å²) in [6.07, 6.45) is 1.24. The van der Waals surface area contributed by atoms with Crippen LogP contribution in [0.5, 0.6) is 0 Å². The van der Waals surface area contributed by atoms with Crippen LogP contribution in [0.25, 0.3) is 5.57 Å². The van der Waals surface area contributed by atoms with E-state index in [4.69, 9.17) is 4.74 Å². The number of rotatable bonds is 13. The van der Waals surface area contributed by atoms with E-state index in [0.717, 1.165) is 58.6 Å². The Balaban J connectivity index is 1.92. The lowest BCUT2D eigenvalue weighted by atomic mass is 9.97. The first-order chi connectivity index (χ1) is 20.0. The van der Waals surface area contributed by atoms with Crippen LogP contribution in [0.2, 0.25) is 0 Å². The van der Waals surface area contributed by atoms with Crippen LogP contribution in [0, 0.1) is 13.8 Å². The van der Waals surface area contributed by atoms with E-state index in [1.807, 2.05) is 64.1 Å². The van der Waals surface area contributed by atoms with Crippen molar-refractivity contribution in [2.24, 2.45) is 0 Å². The van der Waals surface area contributed by atoms with Crippen LogP contribution < -0.4 is 16.2 Å². The molecule has 1 aliphatic heterocycles. The molecular formula is C33H44F2N4O3. The van der Waals surface area contributed by atoms with Crippen molar-refractivity contribution < 1.29 is 18.3 Å². The molecule has 0 spiro atoms. The standard InChI is InChI=1S/C33H44F2N4O3/c1-7-39(28-12-14-42-15-13-28)25(6)24(5)29(32(40)37-19-30-22(3)16-23(4)38-33(30)41)17-21(2)27-10-8-26(9-11-27)18-36-20-31(34)35/h8-11,16-17,28,31,36H,6-7,12-15,18-20H2,1-5H3,(H,37,40)(H,38,41)/b21-17+,29-24+. The van der Waals surface area contributed by atoms with Crippen LogP contribution in [0.3, 0.4) is 0 Å². The van der Waals surface area contributed by atoms with Crippen LogP contribution in [-0.4, -0.2) is 54.6 Å². The van der Waals surface area contributed by atoms with Crippen LogP contribution in [0.15, 0.2) is 64.6 Å². The fourth-order valence-electron chi connectivity index (χ4n) is 5.26. The van der Waals surface area contributed by atoms with E-state index in [-0.39, 0.29) is 30.6 Å². The Hall–Kier alpha value is -3.56. The van der Waals surface area contributed by atoms with E-state index in [9.17, 15) is 18.4 Å². The molecule has 0 unspecified atom stereocenters. The molecule has 228 valence electrons. The van der Waals surface area contributed by atoms with Gasteiger partial charge in [-0.25, -0.2) is 8.78 Å². The molecule has 1 saturated heterocycles. The molecule has 1 amide bonds. The van der Waals surface area contributed by atoms with Crippen molar-refractivity contribution in [1.82, 2.24) is 20.5 Å². The van der Waals surface area contributed by atoms with E-state index < -0.39 is 6.43 Å². The number of likely N-dealkylation sites (N-methyl/N-ethyl adjacent to an activating group) is 1. The molecular weight excluding hydrogens is 538 g/mol. The molecule has 0 bridgehead atoms. The number of ether oxygens (including phenoxy) is 1. The Morgan fingerprint density at radius 3 is 2.43 bits per heavy atom. The summed E-state index contributed by atoms with van der Waals surface area (Å²) in [4.78, 5) is 31.4. The van der Waals surface area contributed by atoms with Gasteiger partial charge >= 0.3 is 0 Å². The summed E-state index contributed by atoms with van der Waals surface area (Å²) in [6.45, 7) is 16.2. The zero-order chi connectivity index (χ0) is 30.8. The number of H-pyrrole nitrogens is 1. The Morgan fingerprint density at radius 2 is 1.83 bits per heavy atom. The number of hydrogen-bond donors (Lipinski definition) is 3. The third-order valence-electron chi connectivity index (χ3n) is 7.72. The molecule has 0 atom stereocenters. The lowest BCUT2D eigenvalue weighted by Crippen LogP contribution is -2.39. The van der Waals surface area contributed by atoms with Gasteiger partial charge in [0.15, 0.2) is 0 Å². The van der Waals surface area contributed by atoms with Crippen LogP contribution >= 0.6 is 0 Å². The number of nitrogens with zero attached hydrogens (tertiary/aromatic N) is 1. The van der Waals surface area contributed by atoms with Crippen LogP contribution in [-0.2, 0) is 22.6 Å². The molecule has 1 aromatic carbocycles. The number of aromatic nitrogens is 1. The minimum absolute atomic E-state index is 0.0915. The first-order valence-corrected chi connectivity index (χ1v) is 14.5. The third kappa shape index (κ3) is 8.97. The number of nitrogens with one attached hydrogen (secondary N) is 3. The monoisotopic (exact) mass is 582 g/mol. The van der Waals surface area contributed by atoms with Crippen molar-refractivity contribution in [2.75, 3.05) is 26.3 Å². The van der Waals surface area contributed by atoms with Gasteiger partial charge in [0.2, 0.25) is 0 Å². The summed E-state index contributed by atoms with van der Waals surface area (Å²) >= 11 is 0. The van der Waals surface area contributed by atoms with Crippen molar-refractivity contribution in [3.8, 4) is 0 Å². The highest BCUT2D eigenvalue weighted by molar-refractivity contribution is 5.99. The number of pyridine rings is 1. The average Bonchev–Trinajstić information content (AvgIpc) is 2.95. The number of alkyl halides is 2. The zero-order valence-corrected chi connectivity index (χ0v) is 25.4. The number of halogens is 2. The summed E-state index contributed by atoms with van der Waals surface area (Å²) in [7, 11) is 0. The van der Waals surface area contributed by atoms with E-state index in [0.29, 0.717) is 30.9 Å². The molecule has 1 aromatic heterocycles. The lowest BCUT2D eigenvalue weighted by molar-refractivity contribution is -0.117. The summed E-state index contributed by atoms with van der Waals surface area (Å²) < 4.78 is 30.5. The van der Waals surface area contributed by atoms with Crippen LogP contribution in [0.1, 0.15) is 61.6 Å². The summed E-state index contributed by atoms with van der Waals surface area (Å²) in [6, 6.07) is 9.77. The van der Waals surface area contributed by atoms with E-state index in [1.54, 1.807) is 0 Å². The number of benzene rings is 1. The summed E-state index contributed by atoms with van der Waals surface area (Å²) in [5, 5.41) is 5.69. The predicted octanol–water partition coefficient (Wildman–Crippen LogP) is 5.40. The minimum Gasteiger partial charge on any atom is -0.381 e. The molecule has 3 N–H and O–H groups in total. The molecule has 7 nitrogen and oxygen atoms in total. The maximum atomic E-state index is 13.8. The number of aromatic amines is 1. The normalized spacial score (nSPS) is 15.0. The Labute approximate surface area is 247 Å². The van der Waals surface area contributed by atoms with Crippen molar-refractivity contribution >= 4 is 11.5 Å². The first-order valence-electron chi connectivity index (χ1n) is 14.5. The molecule has 0 radical (unpaired) electrons. The largest absolute Gasteiger partial charge is 0.381 e. The van der Waals surface area contributed by atoms with Gasteiger partial charge in [-0.3, -0.25) is 9.59 Å². The summed E-state index contributed by atoms with van der Waals surface area (Å²) in [5.74, 6) is -0.303. The van der Waals surface area contributed by atoms with Gasteiger partial charge in [-0.2, -0.15) is 0 Å². The van der Waals surface area contributed by atoms with Gasteiger partial charge in [0.05, 0.1) is 6.54 Å². The highest BCUT2D eigenvalue weighted by Crippen LogP contribution is 2.27. The fraction of sp³-hybridized carbons (Fsp3) is 0.455. The Morgan fingerprint density at radius 1 is 1.17 bits per heavy atom. The second kappa shape index (κ2) is 15.6. The maximum absolute atomic E-state index is 13.8. The molecule has 1 aliphatic rings. The number of aryl methyl sites for hydroxylation is 2. The van der Waals surface area contributed by atoms with Gasteiger partial charge in [-0.1, -0.05) is 30.8 Å². The van der Waals surface area contributed by atoms with Gasteiger partial charge in [0, 0.05) is 61.4 Å². The van der Waals surface area contributed by atoms with Crippen molar-refractivity contribution in [3.63, 3.8) is 0 Å². The second-order valence-corrected chi connectivity index (χ2v) is 10.8. The molecule has 9 heteroatoms. The molecule has 2 aromatic rings. The van der Waals surface area contributed by atoms with Gasteiger partial charge in [0.1, 0.15) is 0 Å². The number of hydrogen-bond acceptors (Lipinski definition) is 5. The quantitative estimate of drug-likeness (QED) is 0.218. The highest BCUT2D eigenvalue weighted by Gasteiger charge is 2.24. The molecule has 0 aliphatic carbocycles. The SMILES string of the molecule is C=C(/C(C)=C(\C=C(/C)c1ccc(CNCC(F)F)cc1)C(=O)NCc1c(C)cc(C)[nH]c1=O)N(CC)C1CCOCC1. The van der Waals surface area contributed by atoms with Gasteiger partial charge in [-0.05, 0) is 87.4 Å². The summed E-state index contributed by atoms with van der Waals surface area (Å²) in [5.41, 5.74) is 6.52. The number of amides is 1. The highest BCUT2D eigenvalue weighted by atomic mass is 19.3. The van der Waals surface area contributed by atoms with Gasteiger partial charge < -0.3 is 25.3 Å². The van der Waals surface area contributed by atoms with E-state index >= 15 is 0 Å². The Kier molecular flexibility index (Phi) is 12.2. The molecule has 1 fully saturated rings. The van der Waals surface area contributed by atoms with Crippen molar-refractivity contribution in [1.29, 1.82) is 0 Å². The van der Waals surface area contributed by atoms with E-state index in [1.165, 1.54) is 0 Å². The minimum atomic E-state index is -2.40. The number of carbonyl (C=O) groups excluding carboxylic acids is 1. The van der Waals surface area contributed by atoms with Crippen molar-refractivity contribution in [2.45, 2.75) is 73.0 Å². The predicted molar refractivity (Wildman–Crippen MR) is 164 cm³/mol. The molecule has 2 heterocycles. The molecule has 0 saturated carbocycles. The van der Waals surface area contributed by atoms with Crippen molar-refractivity contribution in [3.05, 3.63) is 98.1 Å². The maximum Gasteiger partial charge on any atom is 0.253 e. The lowest BCUT2D eigenvalue weighted by Gasteiger charge is -2.37. The van der Waals surface area contributed by atoms with Crippen LogP contribution in [0.4, 0.5) is 8.78 Å². The zero-order valence-electron chi connectivity index (χ0n) is 25.4. The number of carbonyl (C=O) groups is 1. The van der Waals surface area contributed by atoms with Gasteiger partial charge in [0.25, 0.3) is 17.9 Å². The first kappa shape index (κ1) is 32.9. The number of allylic oxidation sites excluding steroid dienone is 2. The third-order valence-corrected chi connectivity index (χ3v) is 7.72. The van der Waals surface area contributed by atoms with E-state index in [2.05, 4.69) is 34.0 Å². The second-order valence-electron chi connectivity index (χ2n) is 10.8.